The lowest BCUT2D eigenvalue weighted by molar-refractivity contribution is -0.130. The third-order valence-electron chi connectivity index (χ3n) is 5.98. The van der Waals surface area contributed by atoms with Crippen LogP contribution in [0.5, 0.6) is 0 Å². The molecule has 2 aliphatic heterocycles. The molecule has 1 amide bonds. The molecule has 0 saturated carbocycles. The Labute approximate surface area is 178 Å². The molecule has 0 atom stereocenters. The predicted octanol–water partition coefficient (Wildman–Crippen LogP) is 2.07. The van der Waals surface area contributed by atoms with Crippen molar-refractivity contribution in [3.63, 3.8) is 0 Å². The number of hydrogen-bond donors (Lipinski definition) is 0. The van der Waals surface area contributed by atoms with E-state index in [0.29, 0.717) is 45.7 Å². The van der Waals surface area contributed by atoms with Gasteiger partial charge in [-0.2, -0.15) is 4.31 Å². The summed E-state index contributed by atoms with van der Waals surface area (Å²) < 4.78 is 26.8. The number of aryl methyl sites for hydroxylation is 1. The first kappa shape index (κ1) is 20.8. The van der Waals surface area contributed by atoms with Gasteiger partial charge in [0.2, 0.25) is 15.9 Å². The molecule has 1 aromatic heterocycles. The monoisotopic (exact) mass is 428 g/mol. The maximum Gasteiger partial charge on any atom is 0.244 e. The molecule has 2 fully saturated rings. The second kappa shape index (κ2) is 8.73. The van der Waals surface area contributed by atoms with Crippen molar-refractivity contribution in [1.82, 2.24) is 14.2 Å². The average molecular weight is 429 g/mol. The standard InChI is InChI=1S/C22H28N4O3S/c1-18-6-2-3-7-19(18)16-22(27)25-14-12-24(13-15-25)21-9-8-20(17-23-21)30(28,29)26-10-4-5-11-26/h2-3,6-9,17H,4-5,10-16H2,1H3. The molecule has 160 valence electrons. The van der Waals surface area contributed by atoms with E-state index in [1.165, 1.54) is 10.5 Å². The van der Waals surface area contributed by atoms with Crippen molar-refractivity contribution >= 4 is 21.7 Å². The molecule has 8 heteroatoms. The summed E-state index contributed by atoms with van der Waals surface area (Å²) in [6.07, 6.45) is 3.71. The molecule has 0 unspecified atom stereocenters. The number of carbonyl (C=O) groups is 1. The Bertz CT molecular complexity index is 993. The van der Waals surface area contributed by atoms with Crippen LogP contribution in [-0.2, 0) is 21.2 Å². The van der Waals surface area contributed by atoms with Crippen LogP contribution in [-0.4, -0.2) is 67.8 Å². The van der Waals surface area contributed by atoms with Crippen LogP contribution in [0.3, 0.4) is 0 Å². The number of carbonyl (C=O) groups excluding carboxylic acids is 1. The number of sulfonamides is 1. The minimum atomic E-state index is -3.44. The highest BCUT2D eigenvalue weighted by Crippen LogP contribution is 2.22. The summed E-state index contributed by atoms with van der Waals surface area (Å²) in [6.45, 7) is 5.85. The quantitative estimate of drug-likeness (QED) is 0.729. The number of rotatable bonds is 5. The van der Waals surface area contributed by atoms with Gasteiger partial charge < -0.3 is 9.80 Å². The number of nitrogens with zero attached hydrogens (tertiary/aromatic N) is 4. The first-order valence-electron chi connectivity index (χ1n) is 10.5. The van der Waals surface area contributed by atoms with E-state index in [1.807, 2.05) is 36.1 Å². The Morgan fingerprint density at radius 3 is 2.30 bits per heavy atom. The van der Waals surface area contributed by atoms with E-state index in [-0.39, 0.29) is 10.8 Å². The Kier molecular flexibility index (Phi) is 6.06. The lowest BCUT2D eigenvalue weighted by Gasteiger charge is -2.35. The van der Waals surface area contributed by atoms with Gasteiger partial charge in [0.15, 0.2) is 0 Å². The fourth-order valence-electron chi connectivity index (χ4n) is 4.06. The Balaban J connectivity index is 1.35. The fourth-order valence-corrected chi connectivity index (χ4v) is 5.52. The molecule has 2 aromatic rings. The van der Waals surface area contributed by atoms with E-state index in [9.17, 15) is 13.2 Å². The van der Waals surface area contributed by atoms with Crippen molar-refractivity contribution < 1.29 is 13.2 Å². The SMILES string of the molecule is Cc1ccccc1CC(=O)N1CCN(c2ccc(S(=O)(=O)N3CCCC3)cn2)CC1. The summed E-state index contributed by atoms with van der Waals surface area (Å²) in [5, 5.41) is 0. The molecule has 0 aliphatic carbocycles. The second-order valence-corrected chi connectivity index (χ2v) is 9.87. The second-order valence-electron chi connectivity index (χ2n) is 7.93. The van der Waals surface area contributed by atoms with Gasteiger partial charge >= 0.3 is 0 Å². The summed E-state index contributed by atoms with van der Waals surface area (Å²) in [5.41, 5.74) is 2.21. The van der Waals surface area contributed by atoms with Crippen LogP contribution in [0.2, 0.25) is 0 Å². The third-order valence-corrected chi connectivity index (χ3v) is 7.87. The van der Waals surface area contributed by atoms with Gasteiger partial charge in [0.25, 0.3) is 0 Å². The number of piperazine rings is 1. The van der Waals surface area contributed by atoms with E-state index in [0.717, 1.165) is 29.8 Å². The van der Waals surface area contributed by atoms with Gasteiger partial charge in [0.05, 0.1) is 6.42 Å². The Morgan fingerprint density at radius 2 is 1.67 bits per heavy atom. The Hall–Kier alpha value is -2.45. The highest BCUT2D eigenvalue weighted by atomic mass is 32.2. The topological polar surface area (TPSA) is 73.8 Å². The summed E-state index contributed by atoms with van der Waals surface area (Å²) in [6, 6.07) is 11.4. The van der Waals surface area contributed by atoms with Crippen molar-refractivity contribution in [2.45, 2.75) is 31.1 Å². The van der Waals surface area contributed by atoms with Crippen LogP contribution < -0.4 is 4.90 Å². The minimum absolute atomic E-state index is 0.143. The summed E-state index contributed by atoms with van der Waals surface area (Å²) in [4.78, 5) is 21.3. The van der Waals surface area contributed by atoms with Gasteiger partial charge in [0, 0.05) is 45.5 Å². The normalized spacial score (nSPS) is 18.0. The number of benzene rings is 1. The lowest BCUT2D eigenvalue weighted by Crippen LogP contribution is -2.49. The van der Waals surface area contributed by atoms with E-state index >= 15 is 0 Å². The number of hydrogen-bond acceptors (Lipinski definition) is 5. The number of pyridine rings is 1. The van der Waals surface area contributed by atoms with Gasteiger partial charge in [-0.05, 0) is 43.0 Å². The number of anilines is 1. The molecular formula is C22H28N4O3S. The molecule has 1 aromatic carbocycles. The van der Waals surface area contributed by atoms with Crippen LogP contribution in [0.4, 0.5) is 5.82 Å². The third kappa shape index (κ3) is 4.34. The van der Waals surface area contributed by atoms with Crippen molar-refractivity contribution in [3.05, 3.63) is 53.7 Å². The van der Waals surface area contributed by atoms with Gasteiger partial charge in [-0.25, -0.2) is 13.4 Å². The minimum Gasteiger partial charge on any atom is -0.353 e. The molecule has 4 rings (SSSR count). The summed E-state index contributed by atoms with van der Waals surface area (Å²) >= 11 is 0. The first-order valence-corrected chi connectivity index (χ1v) is 11.9. The van der Waals surface area contributed by atoms with E-state index in [2.05, 4.69) is 9.88 Å². The maximum absolute atomic E-state index is 12.7. The summed E-state index contributed by atoms with van der Waals surface area (Å²) in [5.74, 6) is 0.894. The molecule has 30 heavy (non-hydrogen) atoms. The molecule has 0 N–H and O–H groups in total. The van der Waals surface area contributed by atoms with Crippen LogP contribution in [0.1, 0.15) is 24.0 Å². The molecule has 0 bridgehead atoms. The van der Waals surface area contributed by atoms with Crippen molar-refractivity contribution in [2.24, 2.45) is 0 Å². The van der Waals surface area contributed by atoms with E-state index in [1.54, 1.807) is 12.1 Å². The fraction of sp³-hybridized carbons (Fsp3) is 0.455. The van der Waals surface area contributed by atoms with E-state index in [4.69, 9.17) is 0 Å². The largest absolute Gasteiger partial charge is 0.353 e. The van der Waals surface area contributed by atoms with Crippen LogP contribution >= 0.6 is 0 Å². The van der Waals surface area contributed by atoms with Crippen molar-refractivity contribution in [1.29, 1.82) is 0 Å². The van der Waals surface area contributed by atoms with Gasteiger partial charge in [-0.1, -0.05) is 24.3 Å². The summed E-state index contributed by atoms with van der Waals surface area (Å²) in [7, 11) is -3.44. The zero-order valence-corrected chi connectivity index (χ0v) is 18.1. The highest BCUT2D eigenvalue weighted by molar-refractivity contribution is 7.89. The van der Waals surface area contributed by atoms with Crippen LogP contribution in [0, 0.1) is 6.92 Å². The molecular weight excluding hydrogens is 400 g/mol. The van der Waals surface area contributed by atoms with Crippen molar-refractivity contribution in [3.8, 4) is 0 Å². The lowest BCUT2D eigenvalue weighted by atomic mass is 10.1. The predicted molar refractivity (Wildman–Crippen MR) is 116 cm³/mol. The molecule has 0 radical (unpaired) electrons. The average Bonchev–Trinajstić information content (AvgIpc) is 3.31. The zero-order chi connectivity index (χ0) is 21.1. The molecule has 0 spiro atoms. The van der Waals surface area contributed by atoms with Crippen LogP contribution in [0.15, 0.2) is 47.5 Å². The highest BCUT2D eigenvalue weighted by Gasteiger charge is 2.28. The van der Waals surface area contributed by atoms with Gasteiger partial charge in [-0.3, -0.25) is 4.79 Å². The smallest absolute Gasteiger partial charge is 0.244 e. The number of amides is 1. The Morgan fingerprint density at radius 1 is 0.967 bits per heavy atom. The van der Waals surface area contributed by atoms with E-state index < -0.39 is 10.0 Å². The first-order chi connectivity index (χ1) is 14.4. The number of aromatic nitrogens is 1. The van der Waals surface area contributed by atoms with Gasteiger partial charge in [0.1, 0.15) is 10.7 Å². The van der Waals surface area contributed by atoms with Gasteiger partial charge in [-0.15, -0.1) is 0 Å². The molecule has 7 nitrogen and oxygen atoms in total. The maximum atomic E-state index is 12.7. The molecule has 3 heterocycles. The molecule has 2 saturated heterocycles. The van der Waals surface area contributed by atoms with Crippen molar-refractivity contribution in [2.75, 3.05) is 44.2 Å². The zero-order valence-electron chi connectivity index (χ0n) is 17.3. The van der Waals surface area contributed by atoms with Crippen LogP contribution in [0.25, 0.3) is 0 Å². The molecule has 2 aliphatic rings.